The topological polar surface area (TPSA) is 99.5 Å². The summed E-state index contributed by atoms with van der Waals surface area (Å²) in [5.41, 5.74) is 1.17. The fraction of sp³-hybridized carbons (Fsp3) is 0.182. The van der Waals surface area contributed by atoms with E-state index in [2.05, 4.69) is 9.97 Å². The monoisotopic (exact) mass is 454 g/mol. The number of nitrogens with one attached hydrogen (secondary N) is 1. The van der Waals surface area contributed by atoms with Gasteiger partial charge in [0.15, 0.2) is 5.76 Å². The molecule has 3 aromatic heterocycles. The van der Waals surface area contributed by atoms with Crippen molar-refractivity contribution in [1.29, 1.82) is 0 Å². The zero-order chi connectivity index (χ0) is 22.3. The van der Waals surface area contributed by atoms with Crippen LogP contribution in [0.2, 0.25) is 0 Å². The first-order chi connectivity index (χ1) is 15.4. The Bertz CT molecular complexity index is 1390. The molecule has 8 nitrogen and oxygen atoms in total. The molecule has 4 aromatic rings. The Labute approximate surface area is 183 Å². The van der Waals surface area contributed by atoms with Crippen molar-refractivity contribution in [2.75, 3.05) is 26.2 Å². The van der Waals surface area contributed by atoms with E-state index in [1.54, 1.807) is 47.5 Å². The Morgan fingerprint density at radius 3 is 2.53 bits per heavy atom. The summed E-state index contributed by atoms with van der Waals surface area (Å²) in [4.78, 5) is 21.6. The Hall–Kier alpha value is -3.50. The number of fused-ring (bicyclic) bond motifs is 1. The molecule has 0 saturated carbocycles. The summed E-state index contributed by atoms with van der Waals surface area (Å²) in [5, 5.41) is 0.537. The molecule has 0 aliphatic carbocycles. The zero-order valence-corrected chi connectivity index (χ0v) is 17.7. The Morgan fingerprint density at radius 2 is 1.78 bits per heavy atom. The molecule has 0 atom stereocenters. The average molecular weight is 454 g/mol. The van der Waals surface area contributed by atoms with Gasteiger partial charge in [0.05, 0.1) is 0 Å². The number of pyridine rings is 1. The highest BCUT2D eigenvalue weighted by molar-refractivity contribution is 7.89. The van der Waals surface area contributed by atoms with E-state index in [0.717, 1.165) is 0 Å². The van der Waals surface area contributed by atoms with Crippen LogP contribution in [-0.2, 0) is 10.0 Å². The van der Waals surface area contributed by atoms with Crippen LogP contribution < -0.4 is 0 Å². The number of aromatic amines is 1. The number of hydrogen-bond acceptors (Lipinski definition) is 5. The standard InChI is InChI=1S/C22H19FN4O4S/c23-16-5-3-15(4-6-16)18-7-8-19(31-18)22(28)26-10-12-27(13-11-26)32(29,30)20-14-25-21-17(20)2-1-9-24-21/h1-9,14H,10-13H2,(H,24,25). The van der Waals surface area contributed by atoms with Crippen molar-refractivity contribution in [3.05, 3.63) is 72.5 Å². The van der Waals surface area contributed by atoms with Gasteiger partial charge in [-0.3, -0.25) is 4.79 Å². The normalized spacial score (nSPS) is 15.3. The molecule has 1 aliphatic rings. The van der Waals surface area contributed by atoms with Gasteiger partial charge in [0, 0.05) is 49.5 Å². The summed E-state index contributed by atoms with van der Waals surface area (Å²) >= 11 is 0. The zero-order valence-electron chi connectivity index (χ0n) is 16.9. The number of benzene rings is 1. The van der Waals surface area contributed by atoms with Gasteiger partial charge in [-0.15, -0.1) is 0 Å². The molecule has 164 valence electrons. The minimum atomic E-state index is -3.72. The second-order valence-electron chi connectivity index (χ2n) is 7.42. The van der Waals surface area contributed by atoms with E-state index in [1.807, 2.05) is 0 Å². The molecule has 1 saturated heterocycles. The molecule has 0 bridgehead atoms. The van der Waals surface area contributed by atoms with Crippen molar-refractivity contribution in [3.8, 4) is 11.3 Å². The third-order valence-electron chi connectivity index (χ3n) is 5.50. The Morgan fingerprint density at radius 1 is 1.03 bits per heavy atom. The Kier molecular flexibility index (Phi) is 5.03. The van der Waals surface area contributed by atoms with E-state index in [1.165, 1.54) is 22.6 Å². The number of carbonyl (C=O) groups excluding carboxylic acids is 1. The highest BCUT2D eigenvalue weighted by atomic mass is 32.2. The molecule has 0 radical (unpaired) electrons. The lowest BCUT2D eigenvalue weighted by Crippen LogP contribution is -2.50. The maximum atomic E-state index is 13.1. The molecular formula is C22H19FN4O4S. The summed E-state index contributed by atoms with van der Waals surface area (Å²) in [6.07, 6.45) is 3.04. The molecule has 4 heterocycles. The second kappa shape index (κ2) is 7.88. The lowest BCUT2D eigenvalue weighted by Gasteiger charge is -2.33. The van der Waals surface area contributed by atoms with Gasteiger partial charge < -0.3 is 14.3 Å². The van der Waals surface area contributed by atoms with Crippen molar-refractivity contribution >= 4 is 27.0 Å². The summed E-state index contributed by atoms with van der Waals surface area (Å²) in [6, 6.07) is 12.4. The van der Waals surface area contributed by atoms with Crippen LogP contribution in [0.15, 0.2) is 70.2 Å². The molecule has 0 unspecified atom stereocenters. The fourth-order valence-electron chi connectivity index (χ4n) is 3.79. The maximum absolute atomic E-state index is 13.1. The van der Waals surface area contributed by atoms with Crippen LogP contribution >= 0.6 is 0 Å². The van der Waals surface area contributed by atoms with Gasteiger partial charge >= 0.3 is 0 Å². The fourth-order valence-corrected chi connectivity index (χ4v) is 5.37. The van der Waals surface area contributed by atoms with Crippen LogP contribution in [0, 0.1) is 5.82 Å². The minimum absolute atomic E-state index is 0.156. The number of aromatic nitrogens is 2. The van der Waals surface area contributed by atoms with Crippen LogP contribution in [0.3, 0.4) is 0 Å². The number of hydrogen-bond donors (Lipinski definition) is 1. The van der Waals surface area contributed by atoms with Gasteiger partial charge in [0.25, 0.3) is 5.91 Å². The van der Waals surface area contributed by atoms with Gasteiger partial charge in [-0.25, -0.2) is 17.8 Å². The van der Waals surface area contributed by atoms with Crippen LogP contribution in [0.25, 0.3) is 22.4 Å². The lowest BCUT2D eigenvalue weighted by molar-refractivity contribution is 0.0667. The lowest BCUT2D eigenvalue weighted by atomic mass is 10.2. The van der Waals surface area contributed by atoms with E-state index < -0.39 is 10.0 Å². The smallest absolute Gasteiger partial charge is 0.289 e. The molecule has 5 rings (SSSR count). The SMILES string of the molecule is O=C(c1ccc(-c2ccc(F)cc2)o1)N1CCN(S(=O)(=O)c2c[nH]c3ncccc23)CC1. The number of furan rings is 1. The predicted molar refractivity (Wildman–Crippen MR) is 115 cm³/mol. The van der Waals surface area contributed by atoms with Crippen molar-refractivity contribution < 1.29 is 22.0 Å². The van der Waals surface area contributed by atoms with Gasteiger partial charge in [-0.05, 0) is 48.5 Å². The van der Waals surface area contributed by atoms with Gasteiger partial charge in [-0.2, -0.15) is 4.31 Å². The molecule has 1 fully saturated rings. The summed E-state index contributed by atoms with van der Waals surface area (Å²) in [6.45, 7) is 0.829. The number of sulfonamides is 1. The van der Waals surface area contributed by atoms with Crippen molar-refractivity contribution in [2.24, 2.45) is 0 Å². The predicted octanol–water partition coefficient (Wildman–Crippen LogP) is 3.11. The second-order valence-corrected chi connectivity index (χ2v) is 9.33. The quantitative estimate of drug-likeness (QED) is 0.511. The molecule has 1 aromatic carbocycles. The number of H-pyrrole nitrogens is 1. The third-order valence-corrected chi connectivity index (χ3v) is 7.44. The molecule has 1 N–H and O–H groups in total. The van der Waals surface area contributed by atoms with E-state index >= 15 is 0 Å². The van der Waals surface area contributed by atoms with Crippen molar-refractivity contribution in [3.63, 3.8) is 0 Å². The van der Waals surface area contributed by atoms with Gasteiger partial charge in [-0.1, -0.05) is 0 Å². The van der Waals surface area contributed by atoms with Gasteiger partial charge in [0.2, 0.25) is 10.0 Å². The van der Waals surface area contributed by atoms with E-state index in [-0.39, 0.29) is 48.6 Å². The number of amides is 1. The highest BCUT2D eigenvalue weighted by Gasteiger charge is 2.32. The third kappa shape index (κ3) is 3.57. The summed E-state index contributed by atoms with van der Waals surface area (Å²) < 4.78 is 46.4. The number of carbonyl (C=O) groups is 1. The van der Waals surface area contributed by atoms with Crippen LogP contribution in [-0.4, -0.2) is 59.7 Å². The van der Waals surface area contributed by atoms with Crippen molar-refractivity contribution in [1.82, 2.24) is 19.2 Å². The maximum Gasteiger partial charge on any atom is 0.289 e. The minimum Gasteiger partial charge on any atom is -0.451 e. The van der Waals surface area contributed by atoms with Gasteiger partial charge in [0.1, 0.15) is 22.1 Å². The first-order valence-corrected chi connectivity index (χ1v) is 11.4. The summed E-state index contributed by atoms with van der Waals surface area (Å²) in [5.74, 6) is -0.0501. The van der Waals surface area contributed by atoms with E-state index in [4.69, 9.17) is 4.42 Å². The molecule has 1 amide bonds. The highest BCUT2D eigenvalue weighted by Crippen LogP contribution is 2.26. The van der Waals surface area contributed by atoms with E-state index in [0.29, 0.717) is 22.4 Å². The first-order valence-electron chi connectivity index (χ1n) is 10.0. The summed E-state index contributed by atoms with van der Waals surface area (Å²) in [7, 11) is -3.72. The average Bonchev–Trinajstić information content (AvgIpc) is 3.47. The number of nitrogens with zero attached hydrogens (tertiary/aromatic N) is 3. The largest absolute Gasteiger partial charge is 0.451 e. The molecule has 1 aliphatic heterocycles. The van der Waals surface area contributed by atoms with Crippen LogP contribution in [0.5, 0.6) is 0 Å². The first kappa shape index (κ1) is 20.4. The number of halogens is 1. The van der Waals surface area contributed by atoms with Crippen molar-refractivity contribution in [2.45, 2.75) is 4.90 Å². The molecule has 0 spiro atoms. The molecule has 32 heavy (non-hydrogen) atoms. The molecular weight excluding hydrogens is 435 g/mol. The van der Waals surface area contributed by atoms with Crippen LogP contribution in [0.1, 0.15) is 10.6 Å². The van der Waals surface area contributed by atoms with E-state index in [9.17, 15) is 17.6 Å². The van der Waals surface area contributed by atoms with Crippen LogP contribution in [0.4, 0.5) is 4.39 Å². The number of rotatable bonds is 4. The Balaban J connectivity index is 1.28. The molecule has 10 heteroatoms. The number of piperazine rings is 1.